The summed E-state index contributed by atoms with van der Waals surface area (Å²) in [6, 6.07) is 2.24. The minimum atomic E-state index is 0.999. The predicted octanol–water partition coefficient (Wildman–Crippen LogP) is 5.67. The average Bonchev–Trinajstić information content (AvgIpc) is 3.49. The molecule has 8 bridgehead atoms. The Morgan fingerprint density at radius 1 is 0.786 bits per heavy atom. The molecule has 1 saturated heterocycles. The summed E-state index contributed by atoms with van der Waals surface area (Å²) in [5, 5.41) is 3.70. The van der Waals surface area contributed by atoms with Gasteiger partial charge >= 0.3 is 0 Å². The maximum absolute atomic E-state index is 5.01. The van der Waals surface area contributed by atoms with Gasteiger partial charge in [0.15, 0.2) is 0 Å². The van der Waals surface area contributed by atoms with E-state index in [1.165, 1.54) is 56.4 Å². The van der Waals surface area contributed by atoms with Crippen LogP contribution in [0.5, 0.6) is 0 Å². The fraction of sp³-hybridized carbons (Fsp3) is 0.333. The third kappa shape index (κ3) is 2.67. The first-order valence-electron chi connectivity index (χ1n) is 10.1. The van der Waals surface area contributed by atoms with E-state index in [-0.39, 0.29) is 0 Å². The number of nitrogens with zero attached hydrogens (tertiary/aromatic N) is 2. The number of H-pyrrole nitrogens is 1. The third-order valence-electron chi connectivity index (χ3n) is 6.49. The molecule has 4 aliphatic heterocycles. The van der Waals surface area contributed by atoms with E-state index < -0.39 is 0 Å². The molecular formula is C24H26N4. The fourth-order valence-corrected chi connectivity index (χ4v) is 4.41. The van der Waals surface area contributed by atoms with Crippen LogP contribution in [0.25, 0.3) is 11.1 Å². The van der Waals surface area contributed by atoms with Crippen LogP contribution in [0.1, 0.15) is 64.6 Å². The summed E-state index contributed by atoms with van der Waals surface area (Å²) in [5.41, 5.74) is 14.5. The van der Waals surface area contributed by atoms with E-state index in [4.69, 9.17) is 9.98 Å². The summed E-state index contributed by atoms with van der Waals surface area (Å²) in [6.45, 7) is 8.72. The highest BCUT2D eigenvalue weighted by molar-refractivity contribution is 6.12. The summed E-state index contributed by atoms with van der Waals surface area (Å²) >= 11 is 0. The maximum Gasteiger partial charge on any atom is 0.0685 e. The van der Waals surface area contributed by atoms with Gasteiger partial charge in [0, 0.05) is 34.7 Å². The number of fused-ring (bicyclic) bond motifs is 6. The first-order valence-corrected chi connectivity index (χ1v) is 10.1. The number of aromatic amines is 1. The van der Waals surface area contributed by atoms with E-state index in [0.29, 0.717) is 0 Å². The summed E-state index contributed by atoms with van der Waals surface area (Å²) in [4.78, 5) is 13.4. The molecule has 0 radical (unpaired) electrons. The topological polar surface area (TPSA) is 52.5 Å². The highest BCUT2D eigenvalue weighted by atomic mass is 14.9. The minimum Gasteiger partial charge on any atom is -0.362 e. The first-order chi connectivity index (χ1) is 13.5. The minimum absolute atomic E-state index is 0.999. The Labute approximate surface area is 166 Å². The molecular weight excluding hydrogens is 344 g/mol. The number of rotatable bonds is 0. The lowest BCUT2D eigenvalue weighted by atomic mass is 10.0. The van der Waals surface area contributed by atoms with Crippen LogP contribution in [0.2, 0.25) is 0 Å². The second kappa shape index (κ2) is 6.33. The molecule has 5 rings (SSSR count). The van der Waals surface area contributed by atoms with E-state index in [1.54, 1.807) is 0 Å². The first kappa shape index (κ1) is 17.2. The lowest BCUT2D eigenvalue weighted by molar-refractivity contribution is 1.02. The normalized spacial score (nSPS) is 21.7. The van der Waals surface area contributed by atoms with Gasteiger partial charge in [-0.3, -0.25) is 4.99 Å². The Kier molecular flexibility index (Phi) is 3.90. The van der Waals surface area contributed by atoms with Crippen molar-refractivity contribution in [1.82, 2.24) is 10.3 Å². The lowest BCUT2D eigenvalue weighted by Crippen LogP contribution is -2.10. The molecule has 4 nitrogen and oxygen atoms in total. The largest absolute Gasteiger partial charge is 0.362 e. The zero-order valence-electron chi connectivity index (χ0n) is 17.0. The van der Waals surface area contributed by atoms with Crippen LogP contribution in [-0.2, 0) is 0 Å². The molecule has 1 aromatic rings. The van der Waals surface area contributed by atoms with Gasteiger partial charge in [0.25, 0.3) is 0 Å². The molecule has 28 heavy (non-hydrogen) atoms. The van der Waals surface area contributed by atoms with E-state index in [9.17, 15) is 0 Å². The van der Waals surface area contributed by atoms with Gasteiger partial charge in [0.1, 0.15) is 0 Å². The summed E-state index contributed by atoms with van der Waals surface area (Å²) in [6.07, 6.45) is 10.5. The molecule has 0 atom stereocenters. The molecule has 0 spiro atoms. The monoisotopic (exact) mass is 370 g/mol. The number of hydrogen-bond acceptors (Lipinski definition) is 3. The summed E-state index contributed by atoms with van der Waals surface area (Å²) in [7, 11) is 0. The van der Waals surface area contributed by atoms with E-state index >= 15 is 0 Å². The molecule has 1 fully saturated rings. The van der Waals surface area contributed by atoms with E-state index in [2.05, 4.69) is 62.4 Å². The third-order valence-corrected chi connectivity index (χ3v) is 6.49. The zero-order chi connectivity index (χ0) is 19.4. The van der Waals surface area contributed by atoms with Crippen LogP contribution in [0, 0.1) is 0 Å². The Morgan fingerprint density at radius 2 is 1.57 bits per heavy atom. The molecule has 0 unspecified atom stereocenters. The molecule has 0 saturated carbocycles. The van der Waals surface area contributed by atoms with Gasteiger partial charge in [-0.2, -0.15) is 0 Å². The standard InChI is InChI=1S/C24H26N4/c1-13-17-11-24(25-12-17)16(4)23-10-9-22(28-23)15(3)21-8-7-20(27-21)14(2)19-6-5-18(13)26-19/h5-6,11-12,25,28H,7-10H2,1-4H3. The van der Waals surface area contributed by atoms with Gasteiger partial charge in [-0.25, -0.2) is 4.99 Å². The van der Waals surface area contributed by atoms with Crippen molar-refractivity contribution in [2.45, 2.75) is 53.4 Å². The Morgan fingerprint density at radius 3 is 2.39 bits per heavy atom. The number of hydrogen-bond donors (Lipinski definition) is 2. The van der Waals surface area contributed by atoms with Crippen LogP contribution in [0.3, 0.4) is 0 Å². The van der Waals surface area contributed by atoms with Crippen LogP contribution >= 0.6 is 0 Å². The Balaban J connectivity index is 1.72. The lowest BCUT2D eigenvalue weighted by Gasteiger charge is -2.09. The number of nitrogens with one attached hydrogen (secondary N) is 2. The van der Waals surface area contributed by atoms with Gasteiger partial charge in [-0.1, -0.05) is 0 Å². The molecule has 4 heteroatoms. The molecule has 2 N–H and O–H groups in total. The van der Waals surface area contributed by atoms with Crippen molar-refractivity contribution in [2.24, 2.45) is 9.98 Å². The maximum atomic E-state index is 5.01. The molecule has 0 amide bonds. The quantitative estimate of drug-likeness (QED) is 0.607. The molecule has 0 aliphatic carbocycles. The fourth-order valence-electron chi connectivity index (χ4n) is 4.41. The van der Waals surface area contributed by atoms with Crippen molar-refractivity contribution < 1.29 is 0 Å². The second-order valence-corrected chi connectivity index (χ2v) is 8.10. The van der Waals surface area contributed by atoms with Gasteiger partial charge in [0.2, 0.25) is 0 Å². The smallest absolute Gasteiger partial charge is 0.0685 e. The molecule has 1 aromatic heterocycles. The van der Waals surface area contributed by atoms with Gasteiger partial charge in [-0.15, -0.1) is 0 Å². The number of allylic oxidation sites excluding steroid dienone is 9. The summed E-state index contributed by atoms with van der Waals surface area (Å²) < 4.78 is 0. The van der Waals surface area contributed by atoms with Crippen molar-refractivity contribution in [3.63, 3.8) is 0 Å². The van der Waals surface area contributed by atoms with Crippen LogP contribution in [-0.4, -0.2) is 16.4 Å². The van der Waals surface area contributed by atoms with Gasteiger partial charge in [0.05, 0.1) is 11.4 Å². The van der Waals surface area contributed by atoms with Crippen molar-refractivity contribution in [2.75, 3.05) is 0 Å². The molecule has 4 aliphatic rings. The van der Waals surface area contributed by atoms with Gasteiger partial charge < -0.3 is 10.3 Å². The highest BCUT2D eigenvalue weighted by Gasteiger charge is 2.24. The van der Waals surface area contributed by atoms with Crippen molar-refractivity contribution in [3.05, 3.63) is 69.6 Å². The van der Waals surface area contributed by atoms with Crippen LogP contribution in [0.4, 0.5) is 0 Å². The van der Waals surface area contributed by atoms with Gasteiger partial charge in [-0.05, 0) is 99.5 Å². The highest BCUT2D eigenvalue weighted by Crippen LogP contribution is 2.34. The summed E-state index contributed by atoms with van der Waals surface area (Å²) in [5.74, 6) is 0. The molecule has 0 aromatic carbocycles. The van der Waals surface area contributed by atoms with E-state index in [1.807, 2.05) is 0 Å². The van der Waals surface area contributed by atoms with Crippen molar-refractivity contribution in [1.29, 1.82) is 0 Å². The van der Waals surface area contributed by atoms with Crippen LogP contribution in [0.15, 0.2) is 68.3 Å². The van der Waals surface area contributed by atoms with Crippen molar-refractivity contribution >= 4 is 22.6 Å². The Hall–Kier alpha value is -2.88. The van der Waals surface area contributed by atoms with Crippen LogP contribution < -0.4 is 5.32 Å². The molecule has 142 valence electrons. The predicted molar refractivity (Wildman–Crippen MR) is 117 cm³/mol. The average molecular weight is 371 g/mol. The Bertz CT molecular complexity index is 1110. The second-order valence-electron chi connectivity index (χ2n) is 8.10. The SMILES string of the molecule is CC1=C2CCC(=N2)C(C)=C2CCC(=C(C)c3cc(c[nH]3)C(C)=C3C=CC1=N3)N2. The molecule has 5 heterocycles. The zero-order valence-corrected chi connectivity index (χ0v) is 17.0. The number of aromatic nitrogens is 1. The van der Waals surface area contributed by atoms with Crippen molar-refractivity contribution in [3.8, 4) is 0 Å². The van der Waals surface area contributed by atoms with E-state index in [0.717, 1.165) is 37.1 Å². The number of aliphatic imine (C=N–C) groups is 2.